The predicted octanol–water partition coefficient (Wildman–Crippen LogP) is 2.64. The highest BCUT2D eigenvalue weighted by Crippen LogP contribution is 2.47. The molecule has 0 radical (unpaired) electrons. The number of thioether (sulfide) groups is 1. The van der Waals surface area contributed by atoms with E-state index >= 15 is 0 Å². The van der Waals surface area contributed by atoms with Gasteiger partial charge in [-0.15, -0.1) is 0 Å². The summed E-state index contributed by atoms with van der Waals surface area (Å²) in [5.41, 5.74) is 0. The SMILES string of the molecule is CC1CC1c1ccc(C=CC(=O)NC2=NCCS2)o1. The van der Waals surface area contributed by atoms with Gasteiger partial charge in [0.15, 0.2) is 5.17 Å². The average Bonchev–Trinajstić information content (AvgIpc) is 2.87. The largest absolute Gasteiger partial charge is 0.461 e. The summed E-state index contributed by atoms with van der Waals surface area (Å²) >= 11 is 1.57. The smallest absolute Gasteiger partial charge is 0.250 e. The van der Waals surface area contributed by atoms with Crippen molar-refractivity contribution in [3.8, 4) is 0 Å². The zero-order valence-corrected chi connectivity index (χ0v) is 11.6. The van der Waals surface area contributed by atoms with Crippen molar-refractivity contribution in [3.05, 3.63) is 29.7 Å². The number of nitrogens with zero attached hydrogens (tertiary/aromatic N) is 1. The molecule has 4 nitrogen and oxygen atoms in total. The van der Waals surface area contributed by atoms with Gasteiger partial charge < -0.3 is 9.73 Å². The molecule has 19 heavy (non-hydrogen) atoms. The van der Waals surface area contributed by atoms with Gasteiger partial charge in [-0.25, -0.2) is 0 Å². The van der Waals surface area contributed by atoms with E-state index in [1.165, 1.54) is 12.5 Å². The van der Waals surface area contributed by atoms with E-state index in [9.17, 15) is 4.79 Å². The molecule has 2 atom stereocenters. The number of carbonyl (C=O) groups excluding carboxylic acids is 1. The molecule has 1 aliphatic carbocycles. The van der Waals surface area contributed by atoms with Crippen molar-refractivity contribution in [1.29, 1.82) is 0 Å². The van der Waals surface area contributed by atoms with Gasteiger partial charge in [0.25, 0.3) is 0 Å². The van der Waals surface area contributed by atoms with Crippen molar-refractivity contribution < 1.29 is 9.21 Å². The topological polar surface area (TPSA) is 54.6 Å². The van der Waals surface area contributed by atoms with Crippen molar-refractivity contribution in [1.82, 2.24) is 5.32 Å². The fourth-order valence-corrected chi connectivity index (χ4v) is 2.82. The first-order valence-corrected chi connectivity index (χ1v) is 7.47. The summed E-state index contributed by atoms with van der Waals surface area (Å²) < 4.78 is 5.70. The van der Waals surface area contributed by atoms with Gasteiger partial charge in [0.2, 0.25) is 5.91 Å². The Morgan fingerprint density at radius 2 is 2.42 bits per heavy atom. The summed E-state index contributed by atoms with van der Waals surface area (Å²) in [6.07, 6.45) is 4.39. The van der Waals surface area contributed by atoms with E-state index in [1.807, 2.05) is 12.1 Å². The number of amidine groups is 1. The molecule has 3 rings (SSSR count). The molecule has 1 aromatic heterocycles. The first kappa shape index (κ1) is 12.5. The monoisotopic (exact) mass is 276 g/mol. The second kappa shape index (κ2) is 5.25. The van der Waals surface area contributed by atoms with Crippen LogP contribution in [-0.4, -0.2) is 23.4 Å². The van der Waals surface area contributed by atoms with Gasteiger partial charge >= 0.3 is 0 Å². The van der Waals surface area contributed by atoms with E-state index in [0.29, 0.717) is 11.1 Å². The molecular formula is C14H16N2O2S. The zero-order chi connectivity index (χ0) is 13.2. The maximum Gasteiger partial charge on any atom is 0.250 e. The Kier molecular flexibility index (Phi) is 3.46. The van der Waals surface area contributed by atoms with Crippen LogP contribution in [0.3, 0.4) is 0 Å². The molecule has 1 saturated carbocycles. The van der Waals surface area contributed by atoms with Crippen LogP contribution in [0.5, 0.6) is 0 Å². The number of nitrogens with one attached hydrogen (secondary N) is 1. The molecular weight excluding hydrogens is 260 g/mol. The van der Waals surface area contributed by atoms with Crippen molar-refractivity contribution in [2.75, 3.05) is 12.3 Å². The fraction of sp³-hybridized carbons (Fsp3) is 0.429. The Bertz CT molecular complexity index is 547. The van der Waals surface area contributed by atoms with Gasteiger partial charge in [-0.05, 0) is 30.5 Å². The molecule has 2 aliphatic rings. The Hall–Kier alpha value is -1.49. The summed E-state index contributed by atoms with van der Waals surface area (Å²) in [5.74, 6) is 3.84. The minimum Gasteiger partial charge on any atom is -0.461 e. The van der Waals surface area contributed by atoms with Crippen LogP contribution in [0.15, 0.2) is 27.6 Å². The van der Waals surface area contributed by atoms with Crippen LogP contribution in [0.2, 0.25) is 0 Å². The van der Waals surface area contributed by atoms with Crippen LogP contribution >= 0.6 is 11.8 Å². The summed E-state index contributed by atoms with van der Waals surface area (Å²) in [5, 5.41) is 3.45. The molecule has 2 heterocycles. The lowest BCUT2D eigenvalue weighted by Crippen LogP contribution is -2.25. The quantitative estimate of drug-likeness (QED) is 0.863. The van der Waals surface area contributed by atoms with Crippen LogP contribution in [0, 0.1) is 5.92 Å². The summed E-state index contributed by atoms with van der Waals surface area (Å²) in [6.45, 7) is 3.00. The van der Waals surface area contributed by atoms with Gasteiger partial charge in [-0.2, -0.15) is 0 Å². The molecule has 100 valence electrons. The molecule has 1 N–H and O–H groups in total. The molecule has 5 heteroatoms. The van der Waals surface area contributed by atoms with E-state index < -0.39 is 0 Å². The first-order chi connectivity index (χ1) is 9.22. The van der Waals surface area contributed by atoms with E-state index in [1.54, 1.807) is 17.8 Å². The molecule has 1 fully saturated rings. The molecule has 1 amide bonds. The molecule has 1 aliphatic heterocycles. The first-order valence-electron chi connectivity index (χ1n) is 6.48. The number of carbonyl (C=O) groups is 1. The van der Waals surface area contributed by atoms with Gasteiger partial charge in [0.1, 0.15) is 11.5 Å². The van der Waals surface area contributed by atoms with Crippen molar-refractivity contribution in [2.24, 2.45) is 10.9 Å². The number of rotatable bonds is 3. The minimum atomic E-state index is -0.161. The third-order valence-corrected chi connectivity index (χ3v) is 4.23. The summed E-state index contributed by atoms with van der Waals surface area (Å²) in [6, 6.07) is 3.91. The molecule has 0 bridgehead atoms. The normalized spacial score (nSPS) is 25.6. The van der Waals surface area contributed by atoms with Gasteiger partial charge in [0, 0.05) is 17.7 Å². The Balaban J connectivity index is 1.56. The van der Waals surface area contributed by atoms with Crippen molar-refractivity contribution in [3.63, 3.8) is 0 Å². The van der Waals surface area contributed by atoms with Crippen LogP contribution in [0.25, 0.3) is 6.08 Å². The molecule has 0 saturated heterocycles. The second-order valence-electron chi connectivity index (χ2n) is 4.92. The number of hydrogen-bond donors (Lipinski definition) is 1. The summed E-state index contributed by atoms with van der Waals surface area (Å²) in [4.78, 5) is 15.8. The van der Waals surface area contributed by atoms with Gasteiger partial charge in [0.05, 0.1) is 6.54 Å². The van der Waals surface area contributed by atoms with Crippen LogP contribution < -0.4 is 5.32 Å². The number of hydrogen-bond acceptors (Lipinski definition) is 4. The molecule has 1 aromatic rings. The highest BCUT2D eigenvalue weighted by Gasteiger charge is 2.36. The number of furan rings is 1. The predicted molar refractivity (Wildman–Crippen MR) is 77.2 cm³/mol. The van der Waals surface area contributed by atoms with E-state index in [-0.39, 0.29) is 5.91 Å². The number of amides is 1. The Morgan fingerprint density at radius 1 is 1.58 bits per heavy atom. The highest BCUT2D eigenvalue weighted by molar-refractivity contribution is 8.14. The number of aliphatic imine (C=N–C) groups is 1. The van der Waals surface area contributed by atoms with Crippen LogP contribution in [0.1, 0.15) is 30.8 Å². The van der Waals surface area contributed by atoms with E-state index in [4.69, 9.17) is 4.42 Å². The maximum absolute atomic E-state index is 11.6. The lowest BCUT2D eigenvalue weighted by atomic mass is 10.3. The van der Waals surface area contributed by atoms with Crippen LogP contribution in [0.4, 0.5) is 0 Å². The average molecular weight is 276 g/mol. The lowest BCUT2D eigenvalue weighted by Gasteiger charge is -1.98. The third kappa shape index (κ3) is 3.10. The summed E-state index contributed by atoms with van der Waals surface area (Å²) in [7, 11) is 0. The van der Waals surface area contributed by atoms with E-state index in [0.717, 1.165) is 29.7 Å². The van der Waals surface area contributed by atoms with Gasteiger partial charge in [-0.1, -0.05) is 18.7 Å². The maximum atomic E-state index is 11.6. The fourth-order valence-electron chi connectivity index (χ4n) is 2.09. The second-order valence-corrected chi connectivity index (χ2v) is 6.00. The minimum absolute atomic E-state index is 0.161. The van der Waals surface area contributed by atoms with Crippen molar-refractivity contribution >= 4 is 28.9 Å². The Morgan fingerprint density at radius 3 is 3.11 bits per heavy atom. The molecule has 0 aromatic carbocycles. The Labute approximate surface area is 116 Å². The van der Waals surface area contributed by atoms with Crippen LogP contribution in [-0.2, 0) is 4.79 Å². The third-order valence-electron chi connectivity index (χ3n) is 3.34. The molecule has 2 unspecified atom stereocenters. The van der Waals surface area contributed by atoms with Gasteiger partial charge in [-0.3, -0.25) is 9.79 Å². The van der Waals surface area contributed by atoms with Crippen molar-refractivity contribution in [2.45, 2.75) is 19.3 Å². The lowest BCUT2D eigenvalue weighted by molar-refractivity contribution is -0.115. The zero-order valence-electron chi connectivity index (χ0n) is 10.8. The molecule has 0 spiro atoms. The standard InChI is InChI=1S/C14H16N2O2S/c1-9-8-11(9)12-4-2-10(18-12)3-5-13(17)16-14-15-6-7-19-14/h2-5,9,11H,6-8H2,1H3,(H,15,16,17). The van der Waals surface area contributed by atoms with E-state index in [2.05, 4.69) is 17.2 Å². The highest BCUT2D eigenvalue weighted by atomic mass is 32.2.